The minimum atomic E-state index is -3.55. The van der Waals surface area contributed by atoms with Gasteiger partial charge >= 0.3 is 0 Å². The molecule has 2 rings (SSSR count). The van der Waals surface area contributed by atoms with Crippen molar-refractivity contribution < 1.29 is 13.2 Å². The first kappa shape index (κ1) is 20.3. The van der Waals surface area contributed by atoms with Crippen molar-refractivity contribution in [3.63, 3.8) is 0 Å². The van der Waals surface area contributed by atoms with Gasteiger partial charge in [0.15, 0.2) is 0 Å². The summed E-state index contributed by atoms with van der Waals surface area (Å²) < 4.78 is 25.8. The number of halogens is 1. The van der Waals surface area contributed by atoms with E-state index in [-0.39, 0.29) is 18.9 Å². The summed E-state index contributed by atoms with van der Waals surface area (Å²) in [4.78, 5) is 14.3. The van der Waals surface area contributed by atoms with E-state index in [4.69, 9.17) is 11.6 Å². The molecule has 0 aliphatic heterocycles. The highest BCUT2D eigenvalue weighted by atomic mass is 35.5. The van der Waals surface area contributed by atoms with Crippen LogP contribution in [0.5, 0.6) is 0 Å². The molecule has 0 unspecified atom stereocenters. The topological polar surface area (TPSA) is 57.7 Å². The molecule has 140 valence electrons. The van der Waals surface area contributed by atoms with Crippen molar-refractivity contribution in [2.24, 2.45) is 0 Å². The third-order valence-corrected chi connectivity index (χ3v) is 5.71. The van der Waals surface area contributed by atoms with Crippen LogP contribution >= 0.6 is 11.6 Å². The molecule has 0 N–H and O–H groups in total. The number of hydrogen-bond donors (Lipinski definition) is 0. The zero-order valence-electron chi connectivity index (χ0n) is 15.1. The lowest BCUT2D eigenvalue weighted by Gasteiger charge is -2.26. The molecule has 0 aromatic heterocycles. The van der Waals surface area contributed by atoms with Crippen molar-refractivity contribution >= 4 is 38.9 Å². The van der Waals surface area contributed by atoms with Gasteiger partial charge in [0.25, 0.3) is 0 Å². The highest BCUT2D eigenvalue weighted by molar-refractivity contribution is 7.92. The van der Waals surface area contributed by atoms with Crippen LogP contribution in [0.25, 0.3) is 0 Å². The van der Waals surface area contributed by atoms with Crippen LogP contribution < -0.4 is 9.21 Å². The summed E-state index contributed by atoms with van der Waals surface area (Å²) in [6.07, 6.45) is 1.20. The second kappa shape index (κ2) is 8.56. The molecule has 0 saturated carbocycles. The number of carbonyl (C=O) groups is 1. The fourth-order valence-corrected chi connectivity index (χ4v) is 3.92. The van der Waals surface area contributed by atoms with Gasteiger partial charge in [0, 0.05) is 30.2 Å². The normalized spacial score (nSPS) is 11.2. The molecule has 0 spiro atoms. The summed E-state index contributed by atoms with van der Waals surface area (Å²) in [6, 6.07) is 14.4. The van der Waals surface area contributed by atoms with Crippen LogP contribution in [-0.4, -0.2) is 33.7 Å². The molecule has 0 aliphatic rings. The molecule has 1 amide bonds. The van der Waals surface area contributed by atoms with Crippen molar-refractivity contribution in [1.29, 1.82) is 0 Å². The van der Waals surface area contributed by atoms with E-state index in [1.165, 1.54) is 4.31 Å². The molecular formula is C19H23ClN2O3S. The fourth-order valence-electron chi connectivity index (χ4n) is 2.77. The monoisotopic (exact) mass is 394 g/mol. The van der Waals surface area contributed by atoms with E-state index in [9.17, 15) is 13.2 Å². The van der Waals surface area contributed by atoms with Crippen LogP contribution in [0.15, 0.2) is 48.5 Å². The van der Waals surface area contributed by atoms with Crippen LogP contribution in [0.3, 0.4) is 0 Å². The van der Waals surface area contributed by atoms with Crippen LogP contribution in [0.2, 0.25) is 5.02 Å². The molecule has 5 nitrogen and oxygen atoms in total. The first-order chi connectivity index (χ1) is 12.3. The molecule has 0 atom stereocenters. The molecule has 0 saturated heterocycles. The van der Waals surface area contributed by atoms with Gasteiger partial charge in [-0.25, -0.2) is 8.42 Å². The number of amides is 1. The standard InChI is InChI=1S/C19H23ClN2O3S/c1-4-21(16-9-6-5-7-10-16)19(23)13-14-22(26(3,24)25)18-12-8-11-17(20)15(18)2/h5-12H,4,13-14H2,1-3H3. The summed E-state index contributed by atoms with van der Waals surface area (Å²) in [5.41, 5.74) is 1.96. The number of anilines is 2. The lowest BCUT2D eigenvalue weighted by molar-refractivity contribution is -0.118. The fraction of sp³-hybridized carbons (Fsp3) is 0.316. The summed E-state index contributed by atoms with van der Waals surface area (Å²) in [6.45, 7) is 4.22. The minimum Gasteiger partial charge on any atom is -0.313 e. The van der Waals surface area contributed by atoms with Crippen molar-refractivity contribution in [2.45, 2.75) is 20.3 Å². The largest absolute Gasteiger partial charge is 0.313 e. The maximum absolute atomic E-state index is 12.7. The van der Waals surface area contributed by atoms with E-state index in [0.717, 1.165) is 11.9 Å². The predicted octanol–water partition coefficient (Wildman–Crippen LogP) is 3.86. The number of benzene rings is 2. The van der Waals surface area contributed by atoms with Crippen LogP contribution in [0, 0.1) is 6.92 Å². The van der Waals surface area contributed by atoms with Gasteiger partial charge in [-0.1, -0.05) is 35.9 Å². The first-order valence-corrected chi connectivity index (χ1v) is 10.6. The molecule has 26 heavy (non-hydrogen) atoms. The quantitative estimate of drug-likeness (QED) is 0.716. The molecule has 0 radical (unpaired) electrons. The lowest BCUT2D eigenvalue weighted by atomic mass is 10.2. The molecule has 2 aromatic carbocycles. The van der Waals surface area contributed by atoms with Gasteiger partial charge < -0.3 is 4.90 Å². The molecular weight excluding hydrogens is 372 g/mol. The van der Waals surface area contributed by atoms with E-state index in [1.54, 1.807) is 30.0 Å². The predicted molar refractivity (Wildman–Crippen MR) is 107 cm³/mol. The Labute approximate surface area is 160 Å². The molecule has 0 heterocycles. The smallest absolute Gasteiger partial charge is 0.232 e. The van der Waals surface area contributed by atoms with E-state index >= 15 is 0 Å². The number of nitrogens with zero attached hydrogens (tertiary/aromatic N) is 2. The molecule has 0 aliphatic carbocycles. The highest BCUT2D eigenvalue weighted by Gasteiger charge is 2.22. The number of para-hydroxylation sites is 1. The SMILES string of the molecule is CCN(C(=O)CCN(c1cccc(Cl)c1C)S(C)(=O)=O)c1ccccc1. The van der Waals surface area contributed by atoms with Gasteiger partial charge in [0.2, 0.25) is 15.9 Å². The van der Waals surface area contributed by atoms with Crippen LogP contribution in [-0.2, 0) is 14.8 Å². The summed E-state index contributed by atoms with van der Waals surface area (Å²) >= 11 is 6.13. The zero-order valence-corrected chi connectivity index (χ0v) is 16.7. The van der Waals surface area contributed by atoms with Crippen molar-refractivity contribution in [1.82, 2.24) is 0 Å². The van der Waals surface area contributed by atoms with E-state index in [2.05, 4.69) is 0 Å². The third kappa shape index (κ3) is 4.77. The minimum absolute atomic E-state index is 0.0577. The number of rotatable bonds is 7. The van der Waals surface area contributed by atoms with Crippen molar-refractivity contribution in [3.05, 3.63) is 59.1 Å². The van der Waals surface area contributed by atoms with Crippen molar-refractivity contribution in [2.75, 3.05) is 28.6 Å². The maximum Gasteiger partial charge on any atom is 0.232 e. The third-order valence-electron chi connectivity index (χ3n) is 4.12. The van der Waals surface area contributed by atoms with Crippen molar-refractivity contribution in [3.8, 4) is 0 Å². The number of sulfonamides is 1. The molecule has 2 aromatic rings. The highest BCUT2D eigenvalue weighted by Crippen LogP contribution is 2.28. The van der Waals surface area contributed by atoms with Gasteiger partial charge in [-0.3, -0.25) is 9.10 Å². The second-order valence-corrected chi connectivity index (χ2v) is 8.26. The van der Waals surface area contributed by atoms with Gasteiger partial charge in [0.05, 0.1) is 11.9 Å². The summed E-state index contributed by atoms with van der Waals surface area (Å²) in [5, 5.41) is 0.488. The average Bonchev–Trinajstić information content (AvgIpc) is 2.59. The number of carbonyl (C=O) groups excluding carboxylic acids is 1. The van der Waals surface area contributed by atoms with Gasteiger partial charge in [0.1, 0.15) is 0 Å². The van der Waals surface area contributed by atoms with Crippen LogP contribution in [0.4, 0.5) is 11.4 Å². The Morgan fingerprint density at radius 1 is 1.08 bits per heavy atom. The summed E-state index contributed by atoms with van der Waals surface area (Å²) in [5.74, 6) is -0.132. The van der Waals surface area contributed by atoms with E-state index in [1.807, 2.05) is 37.3 Å². The number of hydrogen-bond acceptors (Lipinski definition) is 3. The Morgan fingerprint density at radius 2 is 1.73 bits per heavy atom. The van der Waals surface area contributed by atoms with Gasteiger partial charge in [-0.05, 0) is 43.7 Å². The summed E-state index contributed by atoms with van der Waals surface area (Å²) in [7, 11) is -3.55. The van der Waals surface area contributed by atoms with Gasteiger partial charge in [-0.15, -0.1) is 0 Å². The zero-order chi connectivity index (χ0) is 19.3. The Hall–Kier alpha value is -2.05. The van der Waals surface area contributed by atoms with Crippen LogP contribution in [0.1, 0.15) is 18.9 Å². The maximum atomic E-state index is 12.7. The second-order valence-electron chi connectivity index (χ2n) is 5.94. The van der Waals surface area contributed by atoms with E-state index < -0.39 is 10.0 Å². The Morgan fingerprint density at radius 3 is 2.31 bits per heavy atom. The Balaban J connectivity index is 2.22. The van der Waals surface area contributed by atoms with E-state index in [0.29, 0.717) is 22.8 Å². The Kier molecular flexibility index (Phi) is 6.67. The lowest BCUT2D eigenvalue weighted by Crippen LogP contribution is -2.37. The average molecular weight is 395 g/mol. The molecule has 0 bridgehead atoms. The Bertz CT molecular complexity index is 870. The molecule has 7 heteroatoms. The van der Waals surface area contributed by atoms with Gasteiger partial charge in [-0.2, -0.15) is 0 Å². The first-order valence-electron chi connectivity index (χ1n) is 8.34. The molecule has 0 fully saturated rings.